The molecule has 3 unspecified atom stereocenters. The Hall–Kier alpha value is -2.23. The van der Waals surface area contributed by atoms with E-state index >= 15 is 0 Å². The summed E-state index contributed by atoms with van der Waals surface area (Å²) in [6.07, 6.45) is 5.81. The van der Waals surface area contributed by atoms with Crippen LogP contribution in [0, 0.1) is 11.8 Å². The van der Waals surface area contributed by atoms with Crippen LogP contribution in [0.1, 0.15) is 68.1 Å². The van der Waals surface area contributed by atoms with Crippen LogP contribution in [0.2, 0.25) is 0 Å². The summed E-state index contributed by atoms with van der Waals surface area (Å²) in [7, 11) is 0. The SMILES string of the molecule is CC1CC1c1ccc(CN(C(=O)NC(c2ccccc2)C2CC2)C2CC2)o1. The van der Waals surface area contributed by atoms with Gasteiger partial charge in [0.15, 0.2) is 0 Å². The van der Waals surface area contributed by atoms with Crippen LogP contribution in [0.3, 0.4) is 0 Å². The van der Waals surface area contributed by atoms with Crippen molar-refractivity contribution >= 4 is 6.03 Å². The summed E-state index contributed by atoms with van der Waals surface area (Å²) in [6.45, 7) is 2.84. The van der Waals surface area contributed by atoms with E-state index in [0.717, 1.165) is 30.3 Å². The van der Waals surface area contributed by atoms with Crippen molar-refractivity contribution in [2.24, 2.45) is 11.8 Å². The number of rotatable bonds is 7. The number of carbonyl (C=O) groups excluding carboxylic acids is 1. The summed E-state index contributed by atoms with van der Waals surface area (Å²) >= 11 is 0. The van der Waals surface area contributed by atoms with Crippen molar-refractivity contribution in [1.82, 2.24) is 10.2 Å². The summed E-state index contributed by atoms with van der Waals surface area (Å²) in [5, 5.41) is 3.33. The topological polar surface area (TPSA) is 45.5 Å². The molecule has 0 spiro atoms. The summed E-state index contributed by atoms with van der Waals surface area (Å²) in [5.74, 6) is 3.89. The normalized spacial score (nSPS) is 25.1. The van der Waals surface area contributed by atoms with Gasteiger partial charge in [-0.05, 0) is 61.6 Å². The van der Waals surface area contributed by atoms with Gasteiger partial charge < -0.3 is 14.6 Å². The molecule has 0 bridgehead atoms. The minimum Gasteiger partial charge on any atom is -0.464 e. The van der Waals surface area contributed by atoms with Crippen molar-refractivity contribution in [2.45, 2.75) is 63.6 Å². The summed E-state index contributed by atoms with van der Waals surface area (Å²) in [5.41, 5.74) is 1.21. The first-order valence-electron chi connectivity index (χ1n) is 10.4. The second kappa shape index (κ2) is 6.74. The Balaban J connectivity index is 1.28. The molecule has 3 aliphatic rings. The van der Waals surface area contributed by atoms with Gasteiger partial charge in [-0.1, -0.05) is 37.3 Å². The molecule has 2 amide bonds. The van der Waals surface area contributed by atoms with Crippen LogP contribution in [0.15, 0.2) is 46.9 Å². The van der Waals surface area contributed by atoms with E-state index in [1.165, 1.54) is 24.8 Å². The first kappa shape index (κ1) is 16.9. The molecule has 1 aromatic carbocycles. The fourth-order valence-electron chi connectivity index (χ4n) is 4.10. The molecule has 3 atom stereocenters. The Morgan fingerprint density at radius 3 is 2.52 bits per heavy atom. The summed E-state index contributed by atoms with van der Waals surface area (Å²) in [4.78, 5) is 15.1. The van der Waals surface area contributed by atoms with E-state index in [2.05, 4.69) is 48.6 Å². The lowest BCUT2D eigenvalue weighted by Crippen LogP contribution is -2.43. The Kier molecular flexibility index (Phi) is 4.22. The van der Waals surface area contributed by atoms with Crippen LogP contribution in [0.25, 0.3) is 0 Å². The lowest BCUT2D eigenvalue weighted by molar-refractivity contribution is 0.181. The largest absolute Gasteiger partial charge is 0.464 e. The lowest BCUT2D eigenvalue weighted by atomic mass is 10.0. The highest BCUT2D eigenvalue weighted by atomic mass is 16.3. The first-order chi connectivity index (χ1) is 13.2. The molecule has 3 saturated carbocycles. The predicted octanol–water partition coefficient (Wildman–Crippen LogP) is 5.23. The molecule has 142 valence electrons. The quantitative estimate of drug-likeness (QED) is 0.731. The van der Waals surface area contributed by atoms with Gasteiger partial charge in [-0.3, -0.25) is 0 Å². The van der Waals surface area contributed by atoms with Crippen molar-refractivity contribution in [3.63, 3.8) is 0 Å². The smallest absolute Gasteiger partial charge is 0.318 e. The van der Waals surface area contributed by atoms with Crippen LogP contribution >= 0.6 is 0 Å². The van der Waals surface area contributed by atoms with Gasteiger partial charge in [-0.25, -0.2) is 4.79 Å². The minimum atomic E-state index is 0.0518. The Bertz CT molecular complexity index is 807. The van der Waals surface area contributed by atoms with Crippen LogP contribution in [0.5, 0.6) is 0 Å². The summed E-state index contributed by atoms with van der Waals surface area (Å²) < 4.78 is 6.06. The molecule has 1 aromatic heterocycles. The van der Waals surface area contributed by atoms with Crippen LogP contribution in [-0.2, 0) is 6.54 Å². The number of hydrogen-bond acceptors (Lipinski definition) is 2. The number of carbonyl (C=O) groups is 1. The monoisotopic (exact) mass is 364 g/mol. The second-order valence-corrected chi connectivity index (χ2v) is 8.66. The van der Waals surface area contributed by atoms with Gasteiger partial charge in [0.05, 0.1) is 12.6 Å². The fourth-order valence-corrected chi connectivity index (χ4v) is 4.10. The predicted molar refractivity (Wildman–Crippen MR) is 104 cm³/mol. The zero-order valence-corrected chi connectivity index (χ0v) is 15.9. The zero-order chi connectivity index (χ0) is 18.4. The third kappa shape index (κ3) is 3.76. The average molecular weight is 364 g/mol. The molecule has 4 heteroatoms. The molecule has 0 radical (unpaired) electrons. The first-order valence-corrected chi connectivity index (χ1v) is 10.4. The standard InChI is InChI=1S/C23H28N2O2/c1-15-13-20(15)21-12-11-19(27-21)14-25(18-9-10-18)23(26)24-22(17-7-8-17)16-5-3-2-4-6-16/h2-6,11-12,15,17-18,20,22H,7-10,13-14H2,1H3,(H,24,26). The van der Waals surface area contributed by atoms with Crippen molar-refractivity contribution < 1.29 is 9.21 Å². The second-order valence-electron chi connectivity index (χ2n) is 8.66. The highest BCUT2D eigenvalue weighted by Gasteiger charge is 2.39. The van der Waals surface area contributed by atoms with E-state index in [1.807, 2.05) is 11.0 Å². The molecule has 0 saturated heterocycles. The van der Waals surface area contributed by atoms with Crippen molar-refractivity contribution in [2.75, 3.05) is 0 Å². The number of benzene rings is 1. The van der Waals surface area contributed by atoms with Gasteiger partial charge in [0.1, 0.15) is 11.5 Å². The third-order valence-electron chi connectivity index (χ3n) is 6.26. The van der Waals surface area contributed by atoms with E-state index in [1.54, 1.807) is 0 Å². The number of urea groups is 1. The van der Waals surface area contributed by atoms with E-state index in [0.29, 0.717) is 24.4 Å². The number of nitrogens with zero attached hydrogens (tertiary/aromatic N) is 1. The van der Waals surface area contributed by atoms with Gasteiger partial charge in [0.2, 0.25) is 0 Å². The van der Waals surface area contributed by atoms with Gasteiger partial charge in [-0.15, -0.1) is 0 Å². The van der Waals surface area contributed by atoms with E-state index in [9.17, 15) is 4.79 Å². The maximum absolute atomic E-state index is 13.1. The van der Waals surface area contributed by atoms with E-state index in [4.69, 9.17) is 4.42 Å². The molecule has 3 fully saturated rings. The highest BCUT2D eigenvalue weighted by molar-refractivity contribution is 5.75. The highest BCUT2D eigenvalue weighted by Crippen LogP contribution is 2.47. The molecule has 1 N–H and O–H groups in total. The summed E-state index contributed by atoms with van der Waals surface area (Å²) in [6, 6.07) is 15.1. The van der Waals surface area contributed by atoms with Crippen LogP contribution < -0.4 is 5.32 Å². The van der Waals surface area contributed by atoms with Crippen LogP contribution in [-0.4, -0.2) is 17.0 Å². The molecule has 4 nitrogen and oxygen atoms in total. The minimum absolute atomic E-state index is 0.0518. The molecule has 1 heterocycles. The molecular formula is C23H28N2O2. The number of amides is 2. The fraction of sp³-hybridized carbons (Fsp3) is 0.522. The molecule has 5 rings (SSSR count). The van der Waals surface area contributed by atoms with Crippen molar-refractivity contribution in [3.8, 4) is 0 Å². The Labute approximate surface area is 160 Å². The maximum Gasteiger partial charge on any atom is 0.318 e. The molecule has 2 aromatic rings. The van der Waals surface area contributed by atoms with Crippen LogP contribution in [0.4, 0.5) is 4.79 Å². The molecular weight excluding hydrogens is 336 g/mol. The molecule has 3 aliphatic carbocycles. The molecule has 27 heavy (non-hydrogen) atoms. The van der Waals surface area contributed by atoms with Gasteiger partial charge in [-0.2, -0.15) is 0 Å². The number of hydrogen-bond donors (Lipinski definition) is 1. The Morgan fingerprint density at radius 1 is 1.15 bits per heavy atom. The van der Waals surface area contributed by atoms with Crippen molar-refractivity contribution in [1.29, 1.82) is 0 Å². The van der Waals surface area contributed by atoms with Gasteiger partial charge >= 0.3 is 6.03 Å². The van der Waals surface area contributed by atoms with E-state index in [-0.39, 0.29) is 12.1 Å². The van der Waals surface area contributed by atoms with Crippen molar-refractivity contribution in [3.05, 3.63) is 59.5 Å². The molecule has 0 aliphatic heterocycles. The van der Waals surface area contributed by atoms with Gasteiger partial charge in [0, 0.05) is 12.0 Å². The lowest BCUT2D eigenvalue weighted by Gasteiger charge is -2.26. The number of nitrogens with one attached hydrogen (secondary N) is 1. The maximum atomic E-state index is 13.1. The number of furan rings is 1. The Morgan fingerprint density at radius 2 is 1.89 bits per heavy atom. The average Bonchev–Trinajstić information content (AvgIpc) is 3.55. The van der Waals surface area contributed by atoms with E-state index < -0.39 is 0 Å². The zero-order valence-electron chi connectivity index (χ0n) is 15.9. The van der Waals surface area contributed by atoms with Gasteiger partial charge in [0.25, 0.3) is 0 Å². The third-order valence-corrected chi connectivity index (χ3v) is 6.26.